The Morgan fingerprint density at radius 2 is 0.952 bits per heavy atom. The van der Waals surface area contributed by atoms with E-state index < -0.39 is 6.17 Å². The number of hydrogen-bond acceptors (Lipinski definition) is 5. The quantitative estimate of drug-likeness (QED) is 0.158. The Hall–Kier alpha value is -8.28. The monoisotopic (exact) mass is 796 g/mol. The highest BCUT2D eigenvalue weighted by molar-refractivity contribution is 6.22. The van der Waals surface area contributed by atoms with Crippen molar-refractivity contribution in [3.05, 3.63) is 247 Å². The van der Waals surface area contributed by atoms with Crippen LogP contribution in [-0.4, -0.2) is 11.7 Å². The maximum Gasteiger partial charge on any atom is 0.163 e. The third kappa shape index (κ3) is 7.01. The third-order valence-corrected chi connectivity index (χ3v) is 11.6. The van der Waals surface area contributed by atoms with Crippen molar-refractivity contribution in [3.8, 4) is 33.4 Å². The molecule has 5 nitrogen and oxygen atoms in total. The van der Waals surface area contributed by atoms with E-state index >= 15 is 0 Å². The Morgan fingerprint density at radius 1 is 0.435 bits per heavy atom. The number of nitrogens with one attached hydrogen (secondary N) is 1. The Kier molecular flexibility index (Phi) is 9.52. The van der Waals surface area contributed by atoms with Gasteiger partial charge in [-0.25, -0.2) is 9.98 Å². The molecule has 1 unspecified atom stereocenters. The molecule has 0 radical (unpaired) electrons. The van der Waals surface area contributed by atoms with E-state index in [1.54, 1.807) is 0 Å². The SMILES string of the molecule is c1ccc(-c2ccc(C3=NC(c4ccc(N(c5ccccc5)c5ccc(-c6ccccc6)cc5)c5c4oc4ccccc45)=NC(c4cccc(-c5ccccc5)c4)N3)cc2)cc1. The second-order valence-electron chi connectivity index (χ2n) is 15.4. The summed E-state index contributed by atoms with van der Waals surface area (Å²) in [6.45, 7) is 0. The maximum atomic E-state index is 6.90. The standard InChI is InChI=1S/C57H40N4O/c1-5-16-39(17-6-1)42-28-30-44(31-29-42)55-58-56(46-23-15-22-45(38-46)41-20-9-3-10-21-41)60-57(59-55)50-36-37-51(53-49-26-13-14-27-52(49)62-54(50)53)61(47-24-11-4-12-25-47)48-34-32-43(33-35-48)40-18-7-2-8-19-40/h1-38,56H,(H,58,59,60). The second kappa shape index (κ2) is 16.1. The highest BCUT2D eigenvalue weighted by Crippen LogP contribution is 2.45. The van der Waals surface area contributed by atoms with Crippen molar-refractivity contribution in [1.82, 2.24) is 5.32 Å². The molecule has 9 aromatic carbocycles. The second-order valence-corrected chi connectivity index (χ2v) is 15.4. The van der Waals surface area contributed by atoms with E-state index in [0.717, 1.165) is 83.8 Å². The minimum absolute atomic E-state index is 0.419. The molecule has 1 atom stereocenters. The largest absolute Gasteiger partial charge is 0.455 e. The van der Waals surface area contributed by atoms with Gasteiger partial charge in [0.1, 0.15) is 23.2 Å². The number of anilines is 3. The van der Waals surface area contributed by atoms with Gasteiger partial charge >= 0.3 is 0 Å². The van der Waals surface area contributed by atoms with Crippen LogP contribution in [0.1, 0.15) is 22.9 Å². The average molecular weight is 797 g/mol. The van der Waals surface area contributed by atoms with E-state index in [9.17, 15) is 0 Å². The van der Waals surface area contributed by atoms with Gasteiger partial charge in [-0.3, -0.25) is 0 Å². The molecule has 0 fully saturated rings. The van der Waals surface area contributed by atoms with Crippen LogP contribution >= 0.6 is 0 Å². The fourth-order valence-electron chi connectivity index (χ4n) is 8.47. The Bertz CT molecular complexity index is 3230. The van der Waals surface area contributed by atoms with E-state index in [0.29, 0.717) is 5.84 Å². The molecule has 1 aromatic heterocycles. The predicted octanol–water partition coefficient (Wildman–Crippen LogP) is 14.6. The number of nitrogens with zero attached hydrogens (tertiary/aromatic N) is 3. The van der Waals surface area contributed by atoms with Gasteiger partial charge in [-0.2, -0.15) is 0 Å². The zero-order valence-corrected chi connectivity index (χ0v) is 33.8. The van der Waals surface area contributed by atoms with Crippen molar-refractivity contribution < 1.29 is 4.42 Å². The van der Waals surface area contributed by atoms with Crippen LogP contribution < -0.4 is 10.2 Å². The van der Waals surface area contributed by atoms with E-state index in [4.69, 9.17) is 14.4 Å². The number of para-hydroxylation sites is 2. The van der Waals surface area contributed by atoms with E-state index in [2.05, 4.69) is 210 Å². The third-order valence-electron chi connectivity index (χ3n) is 11.6. The van der Waals surface area contributed by atoms with Gasteiger partial charge in [0.2, 0.25) is 0 Å². The van der Waals surface area contributed by atoms with Gasteiger partial charge in [-0.05, 0) is 87.5 Å². The number of hydrogen-bond donors (Lipinski definition) is 1. The van der Waals surface area contributed by atoms with Crippen molar-refractivity contribution >= 4 is 50.7 Å². The minimum Gasteiger partial charge on any atom is -0.455 e. The highest BCUT2D eigenvalue weighted by atomic mass is 16.3. The zero-order chi connectivity index (χ0) is 41.2. The van der Waals surface area contributed by atoms with E-state index in [1.165, 1.54) is 11.1 Å². The summed E-state index contributed by atoms with van der Waals surface area (Å²) in [6, 6.07) is 80.5. The number of fused-ring (bicyclic) bond motifs is 3. The summed E-state index contributed by atoms with van der Waals surface area (Å²) in [6.07, 6.45) is -0.419. The molecule has 5 heteroatoms. The summed E-state index contributed by atoms with van der Waals surface area (Å²) in [4.78, 5) is 13.0. The van der Waals surface area contributed by atoms with Crippen LogP contribution in [0.25, 0.3) is 55.3 Å². The number of rotatable bonds is 9. The fourth-order valence-corrected chi connectivity index (χ4v) is 8.47. The minimum atomic E-state index is -0.419. The first kappa shape index (κ1) is 36.8. The molecule has 0 spiro atoms. The van der Waals surface area contributed by atoms with Crippen molar-refractivity contribution in [2.24, 2.45) is 9.98 Å². The first-order valence-electron chi connectivity index (χ1n) is 20.9. The van der Waals surface area contributed by atoms with Gasteiger partial charge in [-0.15, -0.1) is 0 Å². The van der Waals surface area contributed by atoms with Crippen LogP contribution in [0, 0.1) is 0 Å². The average Bonchev–Trinajstić information content (AvgIpc) is 3.76. The van der Waals surface area contributed by atoms with Crippen LogP contribution in [0.3, 0.4) is 0 Å². The van der Waals surface area contributed by atoms with Gasteiger partial charge in [0.05, 0.1) is 16.6 Å². The summed E-state index contributed by atoms with van der Waals surface area (Å²) >= 11 is 0. The molecule has 0 saturated carbocycles. The van der Waals surface area contributed by atoms with Crippen molar-refractivity contribution in [3.63, 3.8) is 0 Å². The number of aliphatic imine (C=N–C) groups is 2. The lowest BCUT2D eigenvalue weighted by Crippen LogP contribution is -2.33. The topological polar surface area (TPSA) is 53.1 Å². The fraction of sp³-hybridized carbons (Fsp3) is 0.0175. The summed E-state index contributed by atoms with van der Waals surface area (Å²) in [5.41, 5.74) is 14.3. The Morgan fingerprint density at radius 3 is 1.61 bits per heavy atom. The Balaban J connectivity index is 1.08. The molecule has 294 valence electrons. The lowest BCUT2D eigenvalue weighted by Gasteiger charge is -2.27. The number of furan rings is 1. The van der Waals surface area contributed by atoms with Gasteiger partial charge < -0.3 is 14.6 Å². The van der Waals surface area contributed by atoms with Gasteiger partial charge in [-0.1, -0.05) is 182 Å². The lowest BCUT2D eigenvalue weighted by molar-refractivity contribution is 0.663. The molecule has 2 heterocycles. The number of amidine groups is 2. The molecule has 1 N–H and O–H groups in total. The smallest absolute Gasteiger partial charge is 0.163 e. The zero-order valence-electron chi connectivity index (χ0n) is 33.8. The highest BCUT2D eigenvalue weighted by Gasteiger charge is 2.27. The molecule has 0 saturated heterocycles. The molecule has 62 heavy (non-hydrogen) atoms. The molecule has 10 aromatic rings. The van der Waals surface area contributed by atoms with E-state index in [-0.39, 0.29) is 0 Å². The molecule has 0 amide bonds. The first-order valence-corrected chi connectivity index (χ1v) is 20.9. The van der Waals surface area contributed by atoms with Gasteiger partial charge in [0.15, 0.2) is 5.84 Å². The lowest BCUT2D eigenvalue weighted by atomic mass is 10.0. The van der Waals surface area contributed by atoms with Gasteiger partial charge in [0, 0.05) is 22.3 Å². The molecule has 1 aliphatic rings. The number of benzene rings is 9. The molecule has 0 aliphatic carbocycles. The predicted molar refractivity (Wildman–Crippen MR) is 257 cm³/mol. The summed E-state index contributed by atoms with van der Waals surface area (Å²) < 4.78 is 6.90. The Labute approximate surface area is 360 Å². The molecule has 1 aliphatic heterocycles. The summed E-state index contributed by atoms with van der Waals surface area (Å²) in [5, 5.41) is 5.72. The van der Waals surface area contributed by atoms with Crippen LogP contribution in [0.2, 0.25) is 0 Å². The molecular formula is C57H40N4O. The van der Waals surface area contributed by atoms with Crippen molar-refractivity contribution in [2.75, 3.05) is 4.90 Å². The normalized spacial score (nSPS) is 13.6. The van der Waals surface area contributed by atoms with Crippen molar-refractivity contribution in [2.45, 2.75) is 6.17 Å². The van der Waals surface area contributed by atoms with Crippen LogP contribution in [0.15, 0.2) is 245 Å². The van der Waals surface area contributed by atoms with Crippen molar-refractivity contribution in [1.29, 1.82) is 0 Å². The van der Waals surface area contributed by atoms with Gasteiger partial charge in [0.25, 0.3) is 0 Å². The van der Waals surface area contributed by atoms with Crippen LogP contribution in [-0.2, 0) is 0 Å². The van der Waals surface area contributed by atoms with Crippen LogP contribution in [0.4, 0.5) is 17.1 Å². The summed E-state index contributed by atoms with van der Waals surface area (Å²) in [5.74, 6) is 1.33. The maximum absolute atomic E-state index is 6.90. The summed E-state index contributed by atoms with van der Waals surface area (Å²) in [7, 11) is 0. The molecule has 0 bridgehead atoms. The molecular weight excluding hydrogens is 757 g/mol. The first-order chi connectivity index (χ1) is 30.7. The molecule has 11 rings (SSSR count). The van der Waals surface area contributed by atoms with Crippen LogP contribution in [0.5, 0.6) is 0 Å². The van der Waals surface area contributed by atoms with E-state index in [1.807, 2.05) is 30.3 Å².